The highest BCUT2D eigenvalue weighted by Crippen LogP contribution is 2.35. The minimum absolute atomic E-state index is 0.535. The lowest BCUT2D eigenvalue weighted by atomic mass is 10.1. The molecule has 2 aromatic rings. The summed E-state index contributed by atoms with van der Waals surface area (Å²) in [6.07, 6.45) is 2.00. The van der Waals surface area contributed by atoms with E-state index in [1.165, 1.54) is 0 Å². The third-order valence-electron chi connectivity index (χ3n) is 4.83. The van der Waals surface area contributed by atoms with Crippen molar-refractivity contribution in [1.29, 1.82) is 0 Å². The average molecular weight is 371 g/mol. The van der Waals surface area contributed by atoms with Crippen molar-refractivity contribution in [3.8, 4) is 17.2 Å². The molecule has 1 heterocycles. The summed E-state index contributed by atoms with van der Waals surface area (Å²) < 4.78 is 22.5. The highest BCUT2D eigenvalue weighted by molar-refractivity contribution is 5.50. The average Bonchev–Trinajstić information content (AvgIpc) is 2.73. The zero-order chi connectivity index (χ0) is 18.9. The van der Waals surface area contributed by atoms with Gasteiger partial charge in [0, 0.05) is 19.2 Å². The van der Waals surface area contributed by atoms with E-state index >= 15 is 0 Å². The van der Waals surface area contributed by atoms with Crippen LogP contribution in [0.4, 0.5) is 0 Å². The largest absolute Gasteiger partial charge is 0.493 e. The number of nitrogens with zero attached hydrogens (tertiary/aromatic N) is 1. The Morgan fingerprint density at radius 1 is 0.926 bits per heavy atom. The van der Waals surface area contributed by atoms with Gasteiger partial charge >= 0.3 is 0 Å². The van der Waals surface area contributed by atoms with Crippen molar-refractivity contribution in [2.45, 2.75) is 19.4 Å². The Balaban J connectivity index is 1.68. The normalized spacial score (nSPS) is 14.7. The van der Waals surface area contributed by atoms with Crippen molar-refractivity contribution in [1.82, 2.24) is 4.90 Å². The van der Waals surface area contributed by atoms with Crippen LogP contribution in [0.1, 0.15) is 17.5 Å². The highest BCUT2D eigenvalue weighted by Gasteiger charge is 2.14. The van der Waals surface area contributed by atoms with Gasteiger partial charge in [-0.05, 0) is 36.6 Å². The van der Waals surface area contributed by atoms with Gasteiger partial charge in [0.15, 0.2) is 11.5 Å². The first kappa shape index (κ1) is 19.5. The number of aryl methyl sites for hydroxylation is 1. The lowest BCUT2D eigenvalue weighted by Gasteiger charge is -2.26. The van der Waals surface area contributed by atoms with Crippen molar-refractivity contribution >= 4 is 0 Å². The first-order valence-electron chi connectivity index (χ1n) is 9.52. The molecule has 5 nitrogen and oxygen atoms in total. The van der Waals surface area contributed by atoms with Crippen LogP contribution in [0.15, 0.2) is 42.5 Å². The van der Waals surface area contributed by atoms with Gasteiger partial charge in [-0.3, -0.25) is 4.90 Å². The van der Waals surface area contributed by atoms with Gasteiger partial charge in [0.1, 0.15) is 12.4 Å². The minimum atomic E-state index is 0.535. The maximum absolute atomic E-state index is 6.14. The highest BCUT2D eigenvalue weighted by atomic mass is 16.5. The van der Waals surface area contributed by atoms with Gasteiger partial charge in [-0.2, -0.15) is 0 Å². The van der Waals surface area contributed by atoms with Crippen LogP contribution in [0.2, 0.25) is 0 Å². The molecule has 27 heavy (non-hydrogen) atoms. The monoisotopic (exact) mass is 371 g/mol. The van der Waals surface area contributed by atoms with Crippen LogP contribution in [0.5, 0.6) is 17.2 Å². The number of methoxy groups -OCH3 is 2. The molecule has 0 N–H and O–H groups in total. The van der Waals surface area contributed by atoms with E-state index in [2.05, 4.69) is 17.0 Å². The summed E-state index contributed by atoms with van der Waals surface area (Å²) in [6, 6.07) is 14.2. The molecule has 0 amide bonds. The molecular weight excluding hydrogens is 342 g/mol. The Kier molecular flexibility index (Phi) is 7.36. The second-order valence-corrected chi connectivity index (χ2v) is 6.65. The van der Waals surface area contributed by atoms with E-state index in [0.29, 0.717) is 12.4 Å². The maximum atomic E-state index is 6.14. The second kappa shape index (κ2) is 10.2. The Morgan fingerprint density at radius 2 is 1.63 bits per heavy atom. The zero-order valence-corrected chi connectivity index (χ0v) is 16.3. The van der Waals surface area contributed by atoms with E-state index in [1.807, 2.05) is 30.3 Å². The maximum Gasteiger partial charge on any atom is 0.164 e. The Labute approximate surface area is 161 Å². The molecule has 2 aromatic carbocycles. The van der Waals surface area contributed by atoms with Crippen LogP contribution >= 0.6 is 0 Å². The molecule has 0 unspecified atom stereocenters. The number of morpholine rings is 1. The van der Waals surface area contributed by atoms with Crippen molar-refractivity contribution in [3.05, 3.63) is 53.6 Å². The molecular formula is C22H29NO4. The summed E-state index contributed by atoms with van der Waals surface area (Å²) >= 11 is 0. The molecule has 146 valence electrons. The molecule has 5 heteroatoms. The number of rotatable bonds is 9. The summed E-state index contributed by atoms with van der Waals surface area (Å²) in [5, 5.41) is 0. The number of benzene rings is 2. The molecule has 0 saturated carbocycles. The molecule has 0 aliphatic carbocycles. The van der Waals surface area contributed by atoms with Crippen LogP contribution in [0, 0.1) is 0 Å². The molecule has 3 rings (SSSR count). The van der Waals surface area contributed by atoms with E-state index < -0.39 is 0 Å². The third-order valence-corrected chi connectivity index (χ3v) is 4.83. The van der Waals surface area contributed by atoms with Gasteiger partial charge in [-0.25, -0.2) is 0 Å². The molecule has 0 spiro atoms. The van der Waals surface area contributed by atoms with Crippen LogP contribution in [0.3, 0.4) is 0 Å². The van der Waals surface area contributed by atoms with E-state index in [1.54, 1.807) is 14.2 Å². The smallest absolute Gasteiger partial charge is 0.164 e. The van der Waals surface area contributed by atoms with Crippen molar-refractivity contribution in [3.63, 3.8) is 0 Å². The van der Waals surface area contributed by atoms with Gasteiger partial charge < -0.3 is 18.9 Å². The quantitative estimate of drug-likeness (QED) is 0.674. The number of hydrogen-bond donors (Lipinski definition) is 0. The van der Waals surface area contributed by atoms with Gasteiger partial charge in [0.2, 0.25) is 0 Å². The van der Waals surface area contributed by atoms with Gasteiger partial charge in [0.25, 0.3) is 0 Å². The first-order valence-corrected chi connectivity index (χ1v) is 9.52. The minimum Gasteiger partial charge on any atom is -0.493 e. The SMILES string of the molecule is COc1cc(CCCN2CCOCC2)c(OCc2ccccc2)cc1OC. The molecule has 0 aromatic heterocycles. The van der Waals surface area contributed by atoms with Crippen LogP contribution in [-0.2, 0) is 17.8 Å². The van der Waals surface area contributed by atoms with Crippen LogP contribution in [-0.4, -0.2) is 52.0 Å². The predicted molar refractivity (Wildman–Crippen MR) is 106 cm³/mol. The summed E-state index contributed by atoms with van der Waals surface area (Å²) in [5.74, 6) is 2.29. The molecule has 0 bridgehead atoms. The molecule has 1 fully saturated rings. The fraction of sp³-hybridized carbons (Fsp3) is 0.455. The van der Waals surface area contributed by atoms with Crippen molar-refractivity contribution in [2.24, 2.45) is 0 Å². The Morgan fingerprint density at radius 3 is 2.33 bits per heavy atom. The summed E-state index contributed by atoms with van der Waals surface area (Å²) in [6.45, 7) is 5.30. The lowest BCUT2D eigenvalue weighted by molar-refractivity contribution is 0.0374. The molecule has 0 atom stereocenters. The van der Waals surface area contributed by atoms with Gasteiger partial charge in [-0.1, -0.05) is 30.3 Å². The fourth-order valence-electron chi connectivity index (χ4n) is 3.29. The topological polar surface area (TPSA) is 40.2 Å². The van der Waals surface area contributed by atoms with Gasteiger partial charge in [0.05, 0.1) is 27.4 Å². The van der Waals surface area contributed by atoms with E-state index in [4.69, 9.17) is 18.9 Å². The molecule has 0 radical (unpaired) electrons. The zero-order valence-electron chi connectivity index (χ0n) is 16.3. The van der Waals surface area contributed by atoms with Gasteiger partial charge in [-0.15, -0.1) is 0 Å². The number of hydrogen-bond acceptors (Lipinski definition) is 5. The van der Waals surface area contributed by atoms with Crippen LogP contribution in [0.25, 0.3) is 0 Å². The first-order chi connectivity index (χ1) is 13.3. The number of ether oxygens (including phenoxy) is 4. The fourth-order valence-corrected chi connectivity index (χ4v) is 3.29. The standard InChI is InChI=1S/C22H29NO4/c1-24-21-15-19(9-6-10-23-11-13-26-14-12-23)20(16-22(21)25-2)27-17-18-7-4-3-5-8-18/h3-5,7-8,15-16H,6,9-14,17H2,1-2H3. The molecule has 1 aliphatic heterocycles. The van der Waals surface area contributed by atoms with Crippen LogP contribution < -0.4 is 14.2 Å². The Hall–Kier alpha value is -2.24. The summed E-state index contributed by atoms with van der Waals surface area (Å²) in [5.41, 5.74) is 2.29. The second-order valence-electron chi connectivity index (χ2n) is 6.65. The van der Waals surface area contributed by atoms with Crippen molar-refractivity contribution in [2.75, 3.05) is 47.1 Å². The van der Waals surface area contributed by atoms with E-state index in [-0.39, 0.29) is 0 Å². The predicted octanol–water partition coefficient (Wildman–Crippen LogP) is 3.55. The summed E-state index contributed by atoms with van der Waals surface area (Å²) in [7, 11) is 3.32. The van der Waals surface area contributed by atoms with E-state index in [9.17, 15) is 0 Å². The third kappa shape index (κ3) is 5.62. The van der Waals surface area contributed by atoms with E-state index in [0.717, 1.165) is 68.3 Å². The summed E-state index contributed by atoms with van der Waals surface area (Å²) in [4.78, 5) is 2.45. The lowest BCUT2D eigenvalue weighted by Crippen LogP contribution is -2.36. The van der Waals surface area contributed by atoms with Crippen molar-refractivity contribution < 1.29 is 18.9 Å². The Bertz CT molecular complexity index is 699. The molecule has 1 aliphatic rings. The molecule has 1 saturated heterocycles.